The SMILES string of the molecule is O=C(NCCc1ccncc1)C(NCCC1CCNCC1)c1ccc2c(c1)OCCO2. The van der Waals surface area contributed by atoms with Gasteiger partial charge in [-0.15, -0.1) is 0 Å². The molecule has 4 rings (SSSR count). The van der Waals surface area contributed by atoms with E-state index in [1.54, 1.807) is 12.4 Å². The molecule has 7 nitrogen and oxygen atoms in total. The van der Waals surface area contributed by atoms with Gasteiger partial charge in [0, 0.05) is 18.9 Å². The van der Waals surface area contributed by atoms with Crippen LogP contribution in [0.3, 0.4) is 0 Å². The van der Waals surface area contributed by atoms with Crippen molar-refractivity contribution in [3.8, 4) is 11.5 Å². The number of benzene rings is 1. The summed E-state index contributed by atoms with van der Waals surface area (Å²) in [5.41, 5.74) is 2.06. The summed E-state index contributed by atoms with van der Waals surface area (Å²) in [6, 6.07) is 9.31. The third-order valence-electron chi connectivity index (χ3n) is 5.98. The zero-order valence-corrected chi connectivity index (χ0v) is 17.9. The summed E-state index contributed by atoms with van der Waals surface area (Å²) in [6.45, 7) is 4.65. The number of hydrogen-bond donors (Lipinski definition) is 3. The van der Waals surface area contributed by atoms with Gasteiger partial charge in [0.25, 0.3) is 0 Å². The van der Waals surface area contributed by atoms with Crippen molar-refractivity contribution in [2.24, 2.45) is 5.92 Å². The summed E-state index contributed by atoms with van der Waals surface area (Å²) >= 11 is 0. The molecule has 31 heavy (non-hydrogen) atoms. The molecule has 0 saturated carbocycles. The second kappa shape index (κ2) is 11.1. The number of ether oxygens (including phenoxy) is 2. The maximum Gasteiger partial charge on any atom is 0.241 e. The van der Waals surface area contributed by atoms with E-state index in [0.717, 1.165) is 49.4 Å². The average molecular weight is 425 g/mol. The Morgan fingerprint density at radius 3 is 2.65 bits per heavy atom. The Kier molecular flexibility index (Phi) is 7.74. The summed E-state index contributed by atoms with van der Waals surface area (Å²) in [6.07, 6.45) is 7.81. The van der Waals surface area contributed by atoms with E-state index in [0.29, 0.717) is 31.4 Å². The fourth-order valence-corrected chi connectivity index (χ4v) is 4.19. The van der Waals surface area contributed by atoms with Crippen LogP contribution in [0.1, 0.15) is 36.4 Å². The van der Waals surface area contributed by atoms with Crippen LogP contribution >= 0.6 is 0 Å². The molecule has 1 amide bonds. The van der Waals surface area contributed by atoms with Crippen LogP contribution in [0, 0.1) is 5.92 Å². The van der Waals surface area contributed by atoms with Gasteiger partial charge in [-0.1, -0.05) is 6.07 Å². The first-order valence-corrected chi connectivity index (χ1v) is 11.3. The molecule has 2 aromatic rings. The maximum absolute atomic E-state index is 13.1. The molecular formula is C24H32N4O3. The van der Waals surface area contributed by atoms with Crippen molar-refractivity contribution in [2.45, 2.75) is 31.7 Å². The predicted molar refractivity (Wildman–Crippen MR) is 119 cm³/mol. The number of rotatable bonds is 9. The number of aromatic nitrogens is 1. The van der Waals surface area contributed by atoms with E-state index in [9.17, 15) is 4.79 Å². The topological polar surface area (TPSA) is 84.5 Å². The number of nitrogens with zero attached hydrogens (tertiary/aromatic N) is 1. The van der Waals surface area contributed by atoms with Gasteiger partial charge in [0.1, 0.15) is 19.3 Å². The van der Waals surface area contributed by atoms with Gasteiger partial charge in [-0.25, -0.2) is 0 Å². The van der Waals surface area contributed by atoms with Crippen LogP contribution in [0.2, 0.25) is 0 Å². The zero-order chi connectivity index (χ0) is 21.3. The molecule has 1 saturated heterocycles. The Morgan fingerprint density at radius 2 is 1.84 bits per heavy atom. The number of amides is 1. The minimum atomic E-state index is -0.421. The van der Waals surface area contributed by atoms with Crippen LogP contribution in [-0.2, 0) is 11.2 Å². The lowest BCUT2D eigenvalue weighted by Gasteiger charge is -2.25. The molecule has 0 bridgehead atoms. The van der Waals surface area contributed by atoms with Gasteiger partial charge in [-0.2, -0.15) is 0 Å². The lowest BCUT2D eigenvalue weighted by Crippen LogP contribution is -2.39. The highest BCUT2D eigenvalue weighted by atomic mass is 16.6. The monoisotopic (exact) mass is 424 g/mol. The minimum absolute atomic E-state index is 0.0176. The van der Waals surface area contributed by atoms with E-state index in [2.05, 4.69) is 20.9 Å². The second-order valence-electron chi connectivity index (χ2n) is 8.17. The summed E-state index contributed by atoms with van der Waals surface area (Å²) in [5, 5.41) is 10.0. The van der Waals surface area contributed by atoms with E-state index in [4.69, 9.17) is 9.47 Å². The zero-order valence-electron chi connectivity index (χ0n) is 17.9. The third-order valence-corrected chi connectivity index (χ3v) is 5.98. The van der Waals surface area contributed by atoms with Gasteiger partial charge in [-0.3, -0.25) is 9.78 Å². The number of pyridine rings is 1. The number of nitrogens with one attached hydrogen (secondary N) is 3. The van der Waals surface area contributed by atoms with E-state index in [1.807, 2.05) is 30.3 Å². The molecule has 3 heterocycles. The summed E-state index contributed by atoms with van der Waals surface area (Å²) in [7, 11) is 0. The van der Waals surface area contributed by atoms with E-state index >= 15 is 0 Å². The van der Waals surface area contributed by atoms with Gasteiger partial charge in [0.15, 0.2) is 11.5 Å². The highest BCUT2D eigenvalue weighted by Gasteiger charge is 2.23. The molecule has 166 valence electrons. The summed E-state index contributed by atoms with van der Waals surface area (Å²) in [4.78, 5) is 17.2. The molecule has 2 aliphatic heterocycles. The Morgan fingerprint density at radius 1 is 1.06 bits per heavy atom. The van der Waals surface area contributed by atoms with Crippen molar-refractivity contribution < 1.29 is 14.3 Å². The fourth-order valence-electron chi connectivity index (χ4n) is 4.19. The maximum atomic E-state index is 13.1. The van der Waals surface area contributed by atoms with Crippen LogP contribution in [-0.4, -0.2) is 50.3 Å². The average Bonchev–Trinajstić information content (AvgIpc) is 2.83. The molecule has 1 unspecified atom stereocenters. The second-order valence-corrected chi connectivity index (χ2v) is 8.17. The largest absolute Gasteiger partial charge is 0.486 e. The van der Waals surface area contributed by atoms with E-state index in [-0.39, 0.29) is 5.91 Å². The third kappa shape index (κ3) is 6.18. The molecule has 1 atom stereocenters. The minimum Gasteiger partial charge on any atom is -0.486 e. The van der Waals surface area contributed by atoms with Gasteiger partial charge >= 0.3 is 0 Å². The molecule has 0 radical (unpaired) electrons. The van der Waals surface area contributed by atoms with Crippen LogP contribution in [0.4, 0.5) is 0 Å². The molecule has 1 aromatic carbocycles. The molecule has 3 N–H and O–H groups in total. The van der Waals surface area contributed by atoms with Gasteiger partial charge < -0.3 is 25.4 Å². The first-order valence-electron chi connectivity index (χ1n) is 11.3. The van der Waals surface area contributed by atoms with Crippen LogP contribution in [0.15, 0.2) is 42.7 Å². The first-order chi connectivity index (χ1) is 15.3. The standard InChI is InChI=1S/C24H32N4O3/c29-24(28-14-8-19-5-11-26-12-6-19)23(27-13-7-18-3-9-25-10-4-18)20-1-2-21-22(17-20)31-16-15-30-21/h1-2,5-6,11-12,17-18,23,25,27H,3-4,7-10,13-16H2,(H,28,29). The van der Waals surface area contributed by atoms with Crippen molar-refractivity contribution in [1.29, 1.82) is 0 Å². The molecule has 0 spiro atoms. The molecule has 1 aromatic heterocycles. The predicted octanol–water partition coefficient (Wildman–Crippen LogP) is 2.23. The van der Waals surface area contributed by atoms with Crippen LogP contribution < -0.4 is 25.4 Å². The van der Waals surface area contributed by atoms with Crippen molar-refractivity contribution in [3.05, 3.63) is 53.9 Å². The number of carbonyl (C=O) groups excluding carboxylic acids is 1. The van der Waals surface area contributed by atoms with E-state index < -0.39 is 6.04 Å². The lowest BCUT2D eigenvalue weighted by molar-refractivity contribution is -0.123. The Balaban J connectivity index is 1.39. The van der Waals surface area contributed by atoms with Crippen LogP contribution in [0.25, 0.3) is 0 Å². The van der Waals surface area contributed by atoms with Crippen molar-refractivity contribution in [1.82, 2.24) is 20.9 Å². The number of carbonyl (C=O) groups is 1. The van der Waals surface area contributed by atoms with Crippen molar-refractivity contribution in [2.75, 3.05) is 39.4 Å². The van der Waals surface area contributed by atoms with Crippen molar-refractivity contribution in [3.63, 3.8) is 0 Å². The van der Waals surface area contributed by atoms with Gasteiger partial charge in [0.2, 0.25) is 5.91 Å². The first kappa shape index (κ1) is 21.6. The molecule has 2 aliphatic rings. The highest BCUT2D eigenvalue weighted by Crippen LogP contribution is 2.32. The molecule has 7 heteroatoms. The van der Waals surface area contributed by atoms with Crippen molar-refractivity contribution >= 4 is 5.91 Å². The molecule has 1 fully saturated rings. The molecule has 0 aliphatic carbocycles. The van der Waals surface area contributed by atoms with Crippen LogP contribution in [0.5, 0.6) is 11.5 Å². The number of fused-ring (bicyclic) bond motifs is 1. The fraction of sp³-hybridized carbons (Fsp3) is 0.500. The van der Waals surface area contributed by atoms with E-state index in [1.165, 1.54) is 12.8 Å². The summed E-state index contributed by atoms with van der Waals surface area (Å²) < 4.78 is 11.4. The smallest absolute Gasteiger partial charge is 0.241 e. The Labute approximate surface area is 183 Å². The summed E-state index contributed by atoms with van der Waals surface area (Å²) in [5.74, 6) is 2.14. The normalized spacial score (nSPS) is 17.2. The highest BCUT2D eigenvalue weighted by molar-refractivity contribution is 5.83. The quantitative estimate of drug-likeness (QED) is 0.573. The van der Waals surface area contributed by atoms with Gasteiger partial charge in [0.05, 0.1) is 0 Å². The number of piperidine rings is 1. The Hall–Kier alpha value is -2.64. The lowest BCUT2D eigenvalue weighted by atomic mass is 9.94. The number of hydrogen-bond acceptors (Lipinski definition) is 6. The molecular weight excluding hydrogens is 392 g/mol. The Bertz CT molecular complexity index is 840. The van der Waals surface area contributed by atoms with Gasteiger partial charge in [-0.05, 0) is 86.6 Å².